The number of carbonyl (C=O) groups excluding carboxylic acids is 1. The molecular formula is C15H16FNO4. The molecule has 21 heavy (non-hydrogen) atoms. The summed E-state index contributed by atoms with van der Waals surface area (Å²) >= 11 is 0. The largest absolute Gasteiger partial charge is 0.478 e. The Labute approximate surface area is 121 Å². The van der Waals surface area contributed by atoms with Gasteiger partial charge in [0.05, 0.1) is 5.69 Å². The van der Waals surface area contributed by atoms with Crippen LogP contribution in [0.3, 0.4) is 0 Å². The van der Waals surface area contributed by atoms with Gasteiger partial charge in [0.25, 0.3) is 0 Å². The predicted octanol–water partition coefficient (Wildman–Crippen LogP) is 2.29. The Balaban J connectivity index is 2.03. The fourth-order valence-corrected chi connectivity index (χ4v) is 2.10. The second-order valence-electron chi connectivity index (χ2n) is 4.79. The molecule has 2 N–H and O–H groups in total. The SMILES string of the molecule is O=C(O)C=Cc1ccc(NC(=O)C2CCOCC2)c(F)c1. The highest BCUT2D eigenvalue weighted by Crippen LogP contribution is 2.20. The summed E-state index contributed by atoms with van der Waals surface area (Å²) in [6.07, 6.45) is 3.48. The Bertz CT molecular complexity index is 565. The van der Waals surface area contributed by atoms with Crippen LogP contribution in [0.5, 0.6) is 0 Å². The molecule has 1 fully saturated rings. The average molecular weight is 293 g/mol. The van der Waals surface area contributed by atoms with Crippen molar-refractivity contribution in [3.8, 4) is 0 Å². The normalized spacial score (nSPS) is 16.0. The molecule has 0 aromatic heterocycles. The summed E-state index contributed by atoms with van der Waals surface area (Å²) in [6.45, 7) is 1.08. The lowest BCUT2D eigenvalue weighted by Crippen LogP contribution is -2.28. The van der Waals surface area contributed by atoms with E-state index in [0.717, 1.165) is 6.08 Å². The van der Waals surface area contributed by atoms with E-state index >= 15 is 0 Å². The van der Waals surface area contributed by atoms with Crippen LogP contribution in [0.25, 0.3) is 6.08 Å². The Kier molecular flexibility index (Phi) is 5.05. The van der Waals surface area contributed by atoms with E-state index in [1.165, 1.54) is 18.2 Å². The highest BCUT2D eigenvalue weighted by atomic mass is 19.1. The minimum absolute atomic E-state index is 0.0963. The minimum Gasteiger partial charge on any atom is -0.478 e. The number of hydrogen-bond donors (Lipinski definition) is 2. The number of carbonyl (C=O) groups is 2. The van der Waals surface area contributed by atoms with Crippen LogP contribution in [0.2, 0.25) is 0 Å². The average Bonchev–Trinajstić information content (AvgIpc) is 2.48. The number of ether oxygens (including phenoxy) is 1. The molecule has 0 spiro atoms. The fraction of sp³-hybridized carbons (Fsp3) is 0.333. The summed E-state index contributed by atoms with van der Waals surface area (Å²) in [5.74, 6) is -2.08. The number of anilines is 1. The summed E-state index contributed by atoms with van der Waals surface area (Å²) in [5.41, 5.74) is 0.512. The lowest BCUT2D eigenvalue weighted by atomic mass is 9.99. The minimum atomic E-state index is -1.10. The Morgan fingerprint density at radius 1 is 1.33 bits per heavy atom. The Morgan fingerprint density at radius 2 is 2.05 bits per heavy atom. The van der Waals surface area contributed by atoms with Crippen molar-refractivity contribution in [2.24, 2.45) is 5.92 Å². The molecule has 0 aliphatic carbocycles. The van der Waals surface area contributed by atoms with Gasteiger partial charge in [0.1, 0.15) is 5.82 Å². The zero-order valence-electron chi connectivity index (χ0n) is 11.3. The van der Waals surface area contributed by atoms with Gasteiger partial charge in [-0.05, 0) is 36.6 Å². The molecule has 1 aliphatic heterocycles. The van der Waals surface area contributed by atoms with Crippen LogP contribution in [0.1, 0.15) is 18.4 Å². The molecule has 1 amide bonds. The third kappa shape index (κ3) is 4.39. The standard InChI is InChI=1S/C15H16FNO4/c16-12-9-10(2-4-14(18)19)1-3-13(12)17-15(20)11-5-7-21-8-6-11/h1-4,9,11H,5-8H2,(H,17,20)(H,18,19). The maximum absolute atomic E-state index is 13.9. The highest BCUT2D eigenvalue weighted by Gasteiger charge is 2.22. The first-order valence-corrected chi connectivity index (χ1v) is 6.65. The van der Waals surface area contributed by atoms with Crippen molar-refractivity contribution in [2.45, 2.75) is 12.8 Å². The predicted molar refractivity (Wildman–Crippen MR) is 75.2 cm³/mol. The first-order valence-electron chi connectivity index (χ1n) is 6.65. The third-order valence-corrected chi connectivity index (χ3v) is 3.26. The molecule has 0 bridgehead atoms. The molecule has 112 valence electrons. The summed E-state index contributed by atoms with van der Waals surface area (Å²) in [7, 11) is 0. The van der Waals surface area contributed by atoms with E-state index in [1.54, 1.807) is 6.07 Å². The maximum atomic E-state index is 13.9. The second-order valence-corrected chi connectivity index (χ2v) is 4.79. The van der Waals surface area contributed by atoms with Gasteiger partial charge < -0.3 is 15.2 Å². The van der Waals surface area contributed by atoms with E-state index < -0.39 is 11.8 Å². The van der Waals surface area contributed by atoms with Gasteiger partial charge >= 0.3 is 5.97 Å². The fourth-order valence-electron chi connectivity index (χ4n) is 2.10. The number of benzene rings is 1. The van der Waals surface area contributed by atoms with Crippen molar-refractivity contribution in [3.63, 3.8) is 0 Å². The van der Waals surface area contributed by atoms with Crippen LogP contribution in [0.15, 0.2) is 24.3 Å². The van der Waals surface area contributed by atoms with Gasteiger partial charge in [0, 0.05) is 25.2 Å². The van der Waals surface area contributed by atoms with Crippen LogP contribution < -0.4 is 5.32 Å². The molecule has 2 rings (SSSR count). The van der Waals surface area contributed by atoms with E-state index in [0.29, 0.717) is 31.6 Å². The van der Waals surface area contributed by atoms with Crippen molar-refractivity contribution in [1.29, 1.82) is 0 Å². The molecule has 5 nitrogen and oxygen atoms in total. The molecule has 0 radical (unpaired) electrons. The Hall–Kier alpha value is -2.21. The van der Waals surface area contributed by atoms with Gasteiger partial charge in [-0.25, -0.2) is 9.18 Å². The number of rotatable bonds is 4. The lowest BCUT2D eigenvalue weighted by molar-refractivity contribution is -0.131. The number of aliphatic carboxylic acids is 1. The molecule has 1 aliphatic rings. The van der Waals surface area contributed by atoms with E-state index in [4.69, 9.17) is 9.84 Å². The van der Waals surface area contributed by atoms with Gasteiger partial charge in [0.15, 0.2) is 0 Å². The van der Waals surface area contributed by atoms with Crippen molar-refractivity contribution in [2.75, 3.05) is 18.5 Å². The molecular weight excluding hydrogens is 277 g/mol. The first-order chi connectivity index (χ1) is 10.1. The highest BCUT2D eigenvalue weighted by molar-refractivity contribution is 5.93. The first kappa shape index (κ1) is 15.2. The van der Waals surface area contributed by atoms with Crippen molar-refractivity contribution in [3.05, 3.63) is 35.7 Å². The summed E-state index contributed by atoms with van der Waals surface area (Å²) in [6, 6.07) is 4.15. The number of carboxylic acids is 1. The zero-order chi connectivity index (χ0) is 15.2. The van der Waals surface area contributed by atoms with Crippen LogP contribution >= 0.6 is 0 Å². The van der Waals surface area contributed by atoms with Crippen LogP contribution in [0, 0.1) is 11.7 Å². The molecule has 1 aromatic carbocycles. The Morgan fingerprint density at radius 3 is 2.67 bits per heavy atom. The number of nitrogens with one attached hydrogen (secondary N) is 1. The maximum Gasteiger partial charge on any atom is 0.328 e. The molecule has 0 saturated carbocycles. The molecule has 0 atom stereocenters. The quantitative estimate of drug-likeness (QED) is 0.835. The topological polar surface area (TPSA) is 75.6 Å². The van der Waals surface area contributed by atoms with Gasteiger partial charge in [-0.15, -0.1) is 0 Å². The van der Waals surface area contributed by atoms with Gasteiger partial charge in [-0.2, -0.15) is 0 Å². The van der Waals surface area contributed by atoms with E-state index in [-0.39, 0.29) is 17.5 Å². The van der Waals surface area contributed by atoms with Gasteiger partial charge in [0.2, 0.25) is 5.91 Å². The monoisotopic (exact) mass is 293 g/mol. The second kappa shape index (κ2) is 6.99. The van der Waals surface area contributed by atoms with Crippen LogP contribution in [-0.4, -0.2) is 30.2 Å². The van der Waals surface area contributed by atoms with Gasteiger partial charge in [-0.3, -0.25) is 4.79 Å². The summed E-state index contributed by atoms with van der Waals surface area (Å²) < 4.78 is 19.1. The van der Waals surface area contributed by atoms with E-state index in [2.05, 4.69) is 5.32 Å². The van der Waals surface area contributed by atoms with Crippen molar-refractivity contribution < 1.29 is 23.8 Å². The number of amides is 1. The van der Waals surface area contributed by atoms with Crippen molar-refractivity contribution >= 4 is 23.6 Å². The van der Waals surface area contributed by atoms with E-state index in [1.807, 2.05) is 0 Å². The molecule has 1 saturated heterocycles. The lowest BCUT2D eigenvalue weighted by Gasteiger charge is -2.21. The van der Waals surface area contributed by atoms with Gasteiger partial charge in [-0.1, -0.05) is 6.07 Å². The number of halogens is 1. The van der Waals surface area contributed by atoms with Crippen LogP contribution in [0.4, 0.5) is 10.1 Å². The smallest absolute Gasteiger partial charge is 0.328 e. The molecule has 0 unspecified atom stereocenters. The van der Waals surface area contributed by atoms with Crippen LogP contribution in [-0.2, 0) is 14.3 Å². The van der Waals surface area contributed by atoms with Crippen molar-refractivity contribution in [1.82, 2.24) is 0 Å². The number of hydrogen-bond acceptors (Lipinski definition) is 3. The van der Waals surface area contributed by atoms with E-state index in [9.17, 15) is 14.0 Å². The molecule has 6 heteroatoms. The molecule has 1 heterocycles. The summed E-state index contributed by atoms with van der Waals surface area (Å²) in [5, 5.41) is 11.1. The zero-order valence-corrected chi connectivity index (χ0v) is 11.3. The third-order valence-electron chi connectivity index (χ3n) is 3.26. The number of carboxylic acid groups (broad SMARTS) is 1. The molecule has 1 aromatic rings. The summed E-state index contributed by atoms with van der Waals surface area (Å²) in [4.78, 5) is 22.4.